The van der Waals surface area contributed by atoms with Crippen molar-refractivity contribution in [1.29, 1.82) is 0 Å². The quantitative estimate of drug-likeness (QED) is 0.260. The van der Waals surface area contributed by atoms with Gasteiger partial charge in [0.25, 0.3) is 0 Å². The molecule has 0 aliphatic rings. The summed E-state index contributed by atoms with van der Waals surface area (Å²) in [7, 11) is 0. The van der Waals surface area contributed by atoms with Crippen LogP contribution in [0.4, 0.5) is 0 Å². The first kappa shape index (κ1) is 15.5. The molecule has 0 fully saturated rings. The molecule has 3 nitrogen and oxygen atoms in total. The number of oxime groups is 1. The average molecular weight is 298 g/mol. The predicted molar refractivity (Wildman–Crippen MR) is 79.8 cm³/mol. The highest BCUT2D eigenvalue weighted by Gasteiger charge is 2.06. The van der Waals surface area contributed by atoms with Crippen LogP contribution in [0.5, 0.6) is 0 Å². The first-order valence-electron chi connectivity index (χ1n) is 5.49. The van der Waals surface area contributed by atoms with Crippen LogP contribution in [-0.2, 0) is 9.63 Å². The normalized spacial score (nSPS) is 11.6. The number of nitrogens with zero attached hydrogens (tertiary/aromatic N) is 1. The maximum atomic E-state index is 11.5. The van der Waals surface area contributed by atoms with Crippen molar-refractivity contribution in [1.82, 2.24) is 0 Å². The molecule has 0 radical (unpaired) electrons. The monoisotopic (exact) mass is 297 g/mol. The molecule has 100 valence electrons. The lowest BCUT2D eigenvalue weighted by molar-refractivity contribution is -0.113. The first-order valence-corrected chi connectivity index (χ1v) is 6.24. The van der Waals surface area contributed by atoms with E-state index in [0.717, 1.165) is 0 Å². The van der Waals surface area contributed by atoms with E-state index in [2.05, 4.69) is 11.7 Å². The third-order valence-electron chi connectivity index (χ3n) is 2.16. The minimum atomic E-state index is -0.151. The van der Waals surface area contributed by atoms with E-state index in [-0.39, 0.29) is 12.4 Å². The number of Topliss-reactive ketones (excluding diaryl/α,β-unsaturated/α-hetero) is 1. The van der Waals surface area contributed by atoms with Gasteiger partial charge in [-0.3, -0.25) is 4.79 Å². The Morgan fingerprint density at radius 1 is 1.47 bits per heavy atom. The number of halogens is 2. The van der Waals surface area contributed by atoms with Gasteiger partial charge in [0, 0.05) is 5.57 Å². The van der Waals surface area contributed by atoms with Crippen molar-refractivity contribution < 1.29 is 9.63 Å². The number of allylic oxidation sites excluding steroid dienone is 1. The van der Waals surface area contributed by atoms with Crippen molar-refractivity contribution in [3.8, 4) is 0 Å². The highest BCUT2D eigenvalue weighted by Crippen LogP contribution is 2.27. The van der Waals surface area contributed by atoms with E-state index >= 15 is 0 Å². The van der Waals surface area contributed by atoms with Crippen LogP contribution in [-0.4, -0.2) is 18.6 Å². The minimum absolute atomic E-state index is 0.151. The molecule has 0 spiro atoms. The molecule has 0 saturated heterocycles. The van der Waals surface area contributed by atoms with Gasteiger partial charge in [-0.15, -0.1) is 0 Å². The third kappa shape index (κ3) is 4.89. The molecule has 0 atom stereocenters. The zero-order valence-corrected chi connectivity index (χ0v) is 11.9. The number of rotatable bonds is 6. The van der Waals surface area contributed by atoms with Crippen molar-refractivity contribution in [2.45, 2.75) is 6.92 Å². The first-order chi connectivity index (χ1) is 9.06. The van der Waals surface area contributed by atoms with Gasteiger partial charge in [0.15, 0.2) is 5.78 Å². The maximum Gasteiger partial charge on any atom is 0.161 e. The number of benzene rings is 1. The molecule has 5 heteroatoms. The van der Waals surface area contributed by atoms with Crippen molar-refractivity contribution >= 4 is 41.3 Å². The van der Waals surface area contributed by atoms with Crippen LogP contribution in [0, 0.1) is 0 Å². The predicted octanol–water partition coefficient (Wildman–Crippen LogP) is 4.15. The fourth-order valence-electron chi connectivity index (χ4n) is 1.22. The van der Waals surface area contributed by atoms with E-state index in [1.54, 1.807) is 30.4 Å². The second-order valence-corrected chi connectivity index (χ2v) is 4.40. The maximum absolute atomic E-state index is 11.5. The highest BCUT2D eigenvalue weighted by molar-refractivity contribution is 6.43. The van der Waals surface area contributed by atoms with Gasteiger partial charge in [0.1, 0.15) is 6.61 Å². The standard InChI is InChI=1S/C14H13Cl2NO2/c1-3-7-19-17-9-12(10(2)18)8-11-5-4-6-13(15)14(11)16/h3-6,8-9H,1,7H2,2H3. The molecule has 0 N–H and O–H groups in total. The van der Waals surface area contributed by atoms with Crippen molar-refractivity contribution in [3.63, 3.8) is 0 Å². The van der Waals surface area contributed by atoms with E-state index in [0.29, 0.717) is 21.2 Å². The summed E-state index contributed by atoms with van der Waals surface area (Å²) < 4.78 is 0. The fraction of sp³-hybridized carbons (Fsp3) is 0.143. The van der Waals surface area contributed by atoms with Crippen LogP contribution in [0.15, 0.2) is 41.6 Å². The summed E-state index contributed by atoms with van der Waals surface area (Å²) in [4.78, 5) is 16.4. The van der Waals surface area contributed by atoms with Crippen LogP contribution in [0.25, 0.3) is 6.08 Å². The fourth-order valence-corrected chi connectivity index (χ4v) is 1.58. The Kier molecular flexibility index (Phi) is 6.33. The second kappa shape index (κ2) is 7.77. The Hall–Kier alpha value is -1.58. The lowest BCUT2D eigenvalue weighted by Crippen LogP contribution is -1.99. The summed E-state index contributed by atoms with van der Waals surface area (Å²) in [5.41, 5.74) is 1.02. The van der Waals surface area contributed by atoms with E-state index in [4.69, 9.17) is 28.0 Å². The molecule has 19 heavy (non-hydrogen) atoms. The summed E-state index contributed by atoms with van der Waals surface area (Å²) >= 11 is 12.0. The largest absolute Gasteiger partial charge is 0.392 e. The summed E-state index contributed by atoms with van der Waals surface area (Å²) in [5, 5.41) is 4.49. The zero-order chi connectivity index (χ0) is 14.3. The molecule has 0 amide bonds. The Bertz CT molecular complexity index is 536. The van der Waals surface area contributed by atoms with E-state index in [1.807, 2.05) is 0 Å². The van der Waals surface area contributed by atoms with Crippen LogP contribution in [0.1, 0.15) is 12.5 Å². The van der Waals surface area contributed by atoms with Gasteiger partial charge in [-0.05, 0) is 24.6 Å². The highest BCUT2D eigenvalue weighted by atomic mass is 35.5. The van der Waals surface area contributed by atoms with E-state index < -0.39 is 0 Å². The SMILES string of the molecule is C=CCON=CC(=Cc1cccc(Cl)c1Cl)C(C)=O. The smallest absolute Gasteiger partial charge is 0.161 e. The molecule has 0 aliphatic heterocycles. The van der Waals surface area contributed by atoms with Crippen LogP contribution >= 0.6 is 23.2 Å². The number of carbonyl (C=O) groups is 1. The summed E-state index contributed by atoms with van der Waals surface area (Å²) in [5.74, 6) is -0.151. The van der Waals surface area contributed by atoms with Crippen LogP contribution in [0.2, 0.25) is 10.0 Å². The Morgan fingerprint density at radius 3 is 2.84 bits per heavy atom. The van der Waals surface area contributed by atoms with Gasteiger partial charge in [-0.25, -0.2) is 0 Å². The lowest BCUT2D eigenvalue weighted by Gasteiger charge is -2.02. The Balaban J connectivity index is 3.01. The lowest BCUT2D eigenvalue weighted by atomic mass is 10.1. The summed E-state index contributed by atoms with van der Waals surface area (Å²) in [6, 6.07) is 5.19. The van der Waals surface area contributed by atoms with Gasteiger partial charge < -0.3 is 4.84 Å². The van der Waals surface area contributed by atoms with Crippen molar-refractivity contribution in [3.05, 3.63) is 52.0 Å². The van der Waals surface area contributed by atoms with Crippen molar-refractivity contribution in [2.24, 2.45) is 5.16 Å². The molecule has 0 aliphatic carbocycles. The number of ketones is 1. The molecule has 1 rings (SSSR count). The Labute approximate surface area is 122 Å². The molecular weight excluding hydrogens is 285 g/mol. The van der Waals surface area contributed by atoms with Crippen molar-refractivity contribution in [2.75, 3.05) is 6.61 Å². The number of hydrogen-bond donors (Lipinski definition) is 0. The van der Waals surface area contributed by atoms with Gasteiger partial charge in [0.2, 0.25) is 0 Å². The van der Waals surface area contributed by atoms with E-state index in [9.17, 15) is 4.79 Å². The van der Waals surface area contributed by atoms with Crippen LogP contribution in [0.3, 0.4) is 0 Å². The summed E-state index contributed by atoms with van der Waals surface area (Å²) in [6.07, 6.45) is 4.50. The minimum Gasteiger partial charge on any atom is -0.392 e. The number of hydrogen-bond acceptors (Lipinski definition) is 3. The summed E-state index contributed by atoms with van der Waals surface area (Å²) in [6.45, 7) is 5.20. The van der Waals surface area contributed by atoms with Gasteiger partial charge >= 0.3 is 0 Å². The molecule has 0 bridgehead atoms. The Morgan fingerprint density at radius 2 is 2.21 bits per heavy atom. The zero-order valence-electron chi connectivity index (χ0n) is 10.4. The van der Waals surface area contributed by atoms with Gasteiger partial charge in [0.05, 0.1) is 16.3 Å². The molecule has 0 unspecified atom stereocenters. The van der Waals surface area contributed by atoms with E-state index in [1.165, 1.54) is 13.1 Å². The molecule has 1 aromatic rings. The molecule has 0 aromatic heterocycles. The second-order valence-electron chi connectivity index (χ2n) is 3.62. The molecule has 0 heterocycles. The average Bonchev–Trinajstić information content (AvgIpc) is 2.37. The van der Waals surface area contributed by atoms with Gasteiger partial charge in [-0.2, -0.15) is 0 Å². The number of carbonyl (C=O) groups excluding carboxylic acids is 1. The molecular formula is C14H13Cl2NO2. The van der Waals surface area contributed by atoms with Gasteiger partial charge in [-0.1, -0.05) is 53.1 Å². The van der Waals surface area contributed by atoms with Crippen LogP contribution < -0.4 is 0 Å². The topological polar surface area (TPSA) is 38.7 Å². The molecule has 1 aromatic carbocycles. The third-order valence-corrected chi connectivity index (χ3v) is 2.99. The molecule has 0 saturated carbocycles.